The number of anilines is 1. The van der Waals surface area contributed by atoms with Gasteiger partial charge in [-0.05, 0) is 39.3 Å². The molecule has 2 N–H and O–H groups in total. The topological polar surface area (TPSA) is 83.6 Å². The third-order valence-electron chi connectivity index (χ3n) is 3.53. The van der Waals surface area contributed by atoms with Crippen molar-refractivity contribution in [2.24, 2.45) is 0 Å². The molecule has 1 atom stereocenters. The molecule has 1 aliphatic heterocycles. The first kappa shape index (κ1) is 18.0. The molecule has 1 saturated heterocycles. The van der Waals surface area contributed by atoms with Crippen molar-refractivity contribution in [3.05, 3.63) is 24.4 Å². The molecule has 0 spiro atoms. The number of rotatable bonds is 5. The molecular weight excluding hydrogens is 308 g/mol. The molecule has 0 saturated carbocycles. The largest absolute Gasteiger partial charge is 0.444 e. The van der Waals surface area contributed by atoms with Crippen LogP contribution in [0, 0.1) is 0 Å². The van der Waals surface area contributed by atoms with Crippen LogP contribution >= 0.6 is 0 Å². The van der Waals surface area contributed by atoms with Crippen LogP contribution in [0.15, 0.2) is 24.4 Å². The summed E-state index contributed by atoms with van der Waals surface area (Å²) in [7, 11) is 0. The molecule has 0 aliphatic carbocycles. The number of nitrogens with one attached hydrogen (secondary N) is 2. The van der Waals surface area contributed by atoms with Crippen molar-refractivity contribution in [3.8, 4) is 0 Å². The van der Waals surface area contributed by atoms with Crippen molar-refractivity contribution in [2.75, 3.05) is 25.0 Å². The van der Waals surface area contributed by atoms with Gasteiger partial charge in [-0.1, -0.05) is 6.07 Å². The number of hydrogen-bond acceptors (Lipinski definition) is 5. The van der Waals surface area contributed by atoms with Crippen molar-refractivity contribution >= 4 is 17.8 Å². The number of hydrogen-bond donors (Lipinski definition) is 2. The quantitative estimate of drug-likeness (QED) is 0.860. The van der Waals surface area contributed by atoms with Gasteiger partial charge in [-0.3, -0.25) is 4.79 Å². The van der Waals surface area contributed by atoms with Gasteiger partial charge in [0, 0.05) is 38.3 Å². The number of aromatic nitrogens is 1. The van der Waals surface area contributed by atoms with Crippen molar-refractivity contribution in [1.29, 1.82) is 0 Å². The molecule has 2 heterocycles. The van der Waals surface area contributed by atoms with Crippen LogP contribution in [0.4, 0.5) is 10.6 Å². The highest BCUT2D eigenvalue weighted by Gasteiger charge is 2.30. The van der Waals surface area contributed by atoms with Gasteiger partial charge < -0.3 is 20.3 Å². The molecule has 0 radical (unpaired) electrons. The lowest BCUT2D eigenvalue weighted by Crippen LogP contribution is -2.40. The third kappa shape index (κ3) is 6.06. The summed E-state index contributed by atoms with van der Waals surface area (Å²) in [5.41, 5.74) is -0.504. The van der Waals surface area contributed by atoms with Gasteiger partial charge in [0.15, 0.2) is 0 Å². The van der Waals surface area contributed by atoms with E-state index in [4.69, 9.17) is 4.74 Å². The number of ether oxygens (including phenoxy) is 1. The molecule has 2 rings (SSSR count). The van der Waals surface area contributed by atoms with Gasteiger partial charge in [-0.15, -0.1) is 0 Å². The average Bonchev–Trinajstić information content (AvgIpc) is 2.95. The van der Waals surface area contributed by atoms with Crippen molar-refractivity contribution in [1.82, 2.24) is 15.2 Å². The summed E-state index contributed by atoms with van der Waals surface area (Å²) in [6.45, 7) is 7.14. The summed E-state index contributed by atoms with van der Waals surface area (Å²) >= 11 is 0. The molecule has 0 bridgehead atoms. The van der Waals surface area contributed by atoms with E-state index in [2.05, 4.69) is 15.6 Å². The lowest BCUT2D eigenvalue weighted by Gasteiger charge is -2.24. The minimum absolute atomic E-state index is 0.0140. The first-order valence-corrected chi connectivity index (χ1v) is 8.26. The van der Waals surface area contributed by atoms with E-state index in [1.165, 1.54) is 0 Å². The Bertz CT molecular complexity index is 557. The van der Waals surface area contributed by atoms with Crippen molar-refractivity contribution in [2.45, 2.75) is 45.3 Å². The van der Waals surface area contributed by atoms with Gasteiger partial charge in [0.25, 0.3) is 0 Å². The fourth-order valence-corrected chi connectivity index (χ4v) is 2.44. The summed E-state index contributed by atoms with van der Waals surface area (Å²) in [6.07, 6.45) is 2.49. The fraction of sp³-hybridized carbons (Fsp3) is 0.588. The van der Waals surface area contributed by atoms with Crippen LogP contribution in [0.5, 0.6) is 0 Å². The molecular formula is C17H26N4O3. The Hall–Kier alpha value is -2.31. The second-order valence-corrected chi connectivity index (χ2v) is 6.87. The predicted octanol–water partition coefficient (Wildman–Crippen LogP) is 2.01. The van der Waals surface area contributed by atoms with E-state index in [-0.39, 0.29) is 18.0 Å². The molecule has 1 aromatic rings. The second-order valence-electron chi connectivity index (χ2n) is 6.87. The monoisotopic (exact) mass is 334 g/mol. The summed E-state index contributed by atoms with van der Waals surface area (Å²) in [5, 5.41) is 6.06. The van der Waals surface area contributed by atoms with Crippen LogP contribution in [0.25, 0.3) is 0 Å². The maximum Gasteiger partial charge on any atom is 0.410 e. The molecule has 7 heteroatoms. The van der Waals surface area contributed by atoms with Crippen LogP contribution in [-0.4, -0.2) is 53.2 Å². The molecule has 1 fully saturated rings. The fourth-order valence-electron chi connectivity index (χ4n) is 2.44. The van der Waals surface area contributed by atoms with E-state index in [9.17, 15) is 9.59 Å². The number of amides is 2. The molecule has 24 heavy (non-hydrogen) atoms. The number of nitrogens with zero attached hydrogens (tertiary/aromatic N) is 2. The van der Waals surface area contributed by atoms with E-state index in [0.717, 1.165) is 12.2 Å². The Kier molecular flexibility index (Phi) is 6.00. The van der Waals surface area contributed by atoms with Crippen molar-refractivity contribution < 1.29 is 14.3 Å². The van der Waals surface area contributed by atoms with Gasteiger partial charge in [-0.25, -0.2) is 9.78 Å². The number of likely N-dealkylation sites (tertiary alicyclic amines) is 1. The number of carbonyl (C=O) groups is 2. The Morgan fingerprint density at radius 3 is 2.83 bits per heavy atom. The van der Waals surface area contributed by atoms with Crippen LogP contribution in [0.2, 0.25) is 0 Å². The van der Waals surface area contributed by atoms with Crippen LogP contribution in [-0.2, 0) is 9.53 Å². The molecule has 1 aliphatic rings. The van der Waals surface area contributed by atoms with Gasteiger partial charge in [0.2, 0.25) is 5.91 Å². The maximum atomic E-state index is 12.0. The molecule has 2 amide bonds. The van der Waals surface area contributed by atoms with Crippen LogP contribution in [0.3, 0.4) is 0 Å². The van der Waals surface area contributed by atoms with Gasteiger partial charge in [-0.2, -0.15) is 0 Å². The Balaban J connectivity index is 1.67. The summed E-state index contributed by atoms with van der Waals surface area (Å²) < 4.78 is 5.35. The Morgan fingerprint density at radius 1 is 1.38 bits per heavy atom. The zero-order valence-electron chi connectivity index (χ0n) is 14.5. The maximum absolute atomic E-state index is 12.0. The van der Waals surface area contributed by atoms with E-state index in [0.29, 0.717) is 26.1 Å². The van der Waals surface area contributed by atoms with Gasteiger partial charge >= 0.3 is 6.09 Å². The lowest BCUT2D eigenvalue weighted by molar-refractivity contribution is -0.121. The molecule has 0 unspecified atom stereocenters. The first-order valence-electron chi connectivity index (χ1n) is 8.26. The SMILES string of the molecule is CC(C)(C)OC(=O)N1CC[C@@H](NC(=O)CCNc2ccccn2)C1. The highest BCUT2D eigenvalue weighted by Crippen LogP contribution is 2.15. The minimum Gasteiger partial charge on any atom is -0.444 e. The zero-order chi connectivity index (χ0) is 17.6. The first-order chi connectivity index (χ1) is 11.3. The summed E-state index contributed by atoms with van der Waals surface area (Å²) in [4.78, 5) is 29.8. The molecule has 0 aromatic carbocycles. The smallest absolute Gasteiger partial charge is 0.410 e. The average molecular weight is 334 g/mol. The summed E-state index contributed by atoms with van der Waals surface area (Å²) in [5.74, 6) is 0.719. The van der Waals surface area contributed by atoms with E-state index in [1.807, 2.05) is 39.0 Å². The lowest BCUT2D eigenvalue weighted by atomic mass is 10.2. The Morgan fingerprint density at radius 2 is 2.17 bits per heavy atom. The summed E-state index contributed by atoms with van der Waals surface area (Å²) in [6, 6.07) is 5.57. The van der Waals surface area contributed by atoms with E-state index < -0.39 is 5.60 Å². The van der Waals surface area contributed by atoms with Crippen molar-refractivity contribution in [3.63, 3.8) is 0 Å². The van der Waals surface area contributed by atoms with Crippen LogP contribution < -0.4 is 10.6 Å². The number of pyridine rings is 1. The van der Waals surface area contributed by atoms with E-state index in [1.54, 1.807) is 11.1 Å². The molecule has 132 valence electrons. The Labute approximate surface area is 142 Å². The second kappa shape index (κ2) is 7.99. The molecule has 1 aromatic heterocycles. The third-order valence-corrected chi connectivity index (χ3v) is 3.53. The van der Waals surface area contributed by atoms with E-state index >= 15 is 0 Å². The zero-order valence-corrected chi connectivity index (χ0v) is 14.5. The highest BCUT2D eigenvalue weighted by atomic mass is 16.6. The molecule has 7 nitrogen and oxygen atoms in total. The minimum atomic E-state index is -0.504. The standard InChI is InChI=1S/C17H26N4O3/c1-17(2,3)24-16(23)21-11-8-13(12-21)20-15(22)7-10-19-14-6-4-5-9-18-14/h4-6,9,13H,7-8,10-12H2,1-3H3,(H,18,19)(H,20,22)/t13-/m1/s1. The van der Waals surface area contributed by atoms with Crippen LogP contribution in [0.1, 0.15) is 33.6 Å². The highest BCUT2D eigenvalue weighted by molar-refractivity contribution is 5.77. The van der Waals surface area contributed by atoms with Gasteiger partial charge in [0.05, 0.1) is 0 Å². The van der Waals surface area contributed by atoms with Gasteiger partial charge in [0.1, 0.15) is 11.4 Å². The number of carbonyl (C=O) groups excluding carboxylic acids is 2. The predicted molar refractivity (Wildman–Crippen MR) is 91.7 cm³/mol. The normalized spacial score (nSPS) is 17.5.